The minimum absolute atomic E-state index is 0.736. The molecule has 0 bridgehead atoms. The van der Waals surface area contributed by atoms with Crippen LogP contribution in [-0.4, -0.2) is 0 Å². The van der Waals surface area contributed by atoms with E-state index in [9.17, 15) is 0 Å². The zero-order chi connectivity index (χ0) is 9.40. The molecule has 0 spiro atoms. The van der Waals surface area contributed by atoms with Gasteiger partial charge in [0.2, 0.25) is 0 Å². The molecule has 1 unspecified atom stereocenters. The summed E-state index contributed by atoms with van der Waals surface area (Å²) in [5, 5.41) is 0. The van der Waals surface area contributed by atoms with Crippen LogP contribution in [0.2, 0.25) is 0 Å². The van der Waals surface area contributed by atoms with Crippen LogP contribution in [-0.2, 0) is 0 Å². The van der Waals surface area contributed by atoms with E-state index in [4.69, 9.17) is 0 Å². The van der Waals surface area contributed by atoms with Crippen LogP contribution in [0.25, 0.3) is 0 Å². The van der Waals surface area contributed by atoms with Gasteiger partial charge < -0.3 is 0 Å². The lowest BCUT2D eigenvalue weighted by molar-refractivity contribution is 0.695. The van der Waals surface area contributed by atoms with E-state index in [-0.39, 0.29) is 0 Å². The molecule has 0 aliphatic carbocycles. The highest BCUT2D eigenvalue weighted by Gasteiger charge is 1.91. The Balaban J connectivity index is 3.73. The molecule has 0 rings (SSSR count). The van der Waals surface area contributed by atoms with E-state index in [1.54, 1.807) is 0 Å². The summed E-state index contributed by atoms with van der Waals surface area (Å²) in [5.74, 6) is 0.736. The molecule has 0 nitrogen and oxygen atoms in total. The van der Waals surface area contributed by atoms with Crippen LogP contribution >= 0.6 is 0 Å². The molecule has 0 saturated heterocycles. The van der Waals surface area contributed by atoms with Crippen molar-refractivity contribution in [1.29, 1.82) is 0 Å². The van der Waals surface area contributed by atoms with Gasteiger partial charge in [0.15, 0.2) is 0 Å². The van der Waals surface area contributed by atoms with Gasteiger partial charge in [0, 0.05) is 0 Å². The van der Waals surface area contributed by atoms with Gasteiger partial charge in [-0.25, -0.2) is 0 Å². The zero-order valence-electron chi connectivity index (χ0n) is 8.93. The fraction of sp³-hybridized carbons (Fsp3) is 0.667. The van der Waals surface area contributed by atoms with Crippen LogP contribution in [0.5, 0.6) is 0 Å². The molecule has 0 fully saturated rings. The number of hydrogen-bond acceptors (Lipinski definition) is 0. The predicted octanol–water partition coefficient (Wildman–Crippen LogP) is 4.34. The lowest BCUT2D eigenvalue weighted by Gasteiger charge is -2.01. The topological polar surface area (TPSA) is 0 Å². The molecule has 12 heavy (non-hydrogen) atoms. The zero-order valence-corrected chi connectivity index (χ0v) is 8.93. The molecule has 0 N–H and O–H groups in total. The monoisotopic (exact) mass is 166 g/mol. The lowest BCUT2D eigenvalue weighted by Crippen LogP contribution is -1.84. The first-order valence-corrected chi connectivity index (χ1v) is 5.05. The third kappa shape index (κ3) is 5.17. The van der Waals surface area contributed by atoms with Crippen molar-refractivity contribution in [3.8, 4) is 0 Å². The van der Waals surface area contributed by atoms with Gasteiger partial charge in [-0.15, -0.1) is 0 Å². The smallest absolute Gasteiger partial charge is 0.0139 e. The van der Waals surface area contributed by atoms with Gasteiger partial charge in [-0.3, -0.25) is 0 Å². The van der Waals surface area contributed by atoms with Crippen molar-refractivity contribution in [1.82, 2.24) is 0 Å². The van der Waals surface area contributed by atoms with Gasteiger partial charge in [-0.2, -0.15) is 0 Å². The molecule has 0 aromatic rings. The van der Waals surface area contributed by atoms with Crippen molar-refractivity contribution in [2.75, 3.05) is 0 Å². The Labute approximate surface area is 77.4 Å². The van der Waals surface area contributed by atoms with Crippen LogP contribution in [0.15, 0.2) is 23.8 Å². The van der Waals surface area contributed by atoms with Crippen LogP contribution in [0.4, 0.5) is 0 Å². The minimum atomic E-state index is 0.736. The SMILES string of the molecule is CC=C(CC)CC=CC(C)CC. The van der Waals surface area contributed by atoms with Gasteiger partial charge in [-0.1, -0.05) is 51.0 Å². The van der Waals surface area contributed by atoms with E-state index in [2.05, 4.69) is 45.9 Å². The van der Waals surface area contributed by atoms with Crippen molar-refractivity contribution >= 4 is 0 Å². The highest BCUT2D eigenvalue weighted by molar-refractivity contribution is 5.06. The molecule has 0 radical (unpaired) electrons. The van der Waals surface area contributed by atoms with Crippen LogP contribution < -0.4 is 0 Å². The van der Waals surface area contributed by atoms with Gasteiger partial charge in [0.1, 0.15) is 0 Å². The summed E-state index contributed by atoms with van der Waals surface area (Å²) in [6.45, 7) is 8.82. The predicted molar refractivity (Wildman–Crippen MR) is 57.3 cm³/mol. The van der Waals surface area contributed by atoms with Crippen LogP contribution in [0.3, 0.4) is 0 Å². The second-order valence-electron chi connectivity index (χ2n) is 3.32. The summed E-state index contributed by atoms with van der Waals surface area (Å²) >= 11 is 0. The first-order chi connectivity index (χ1) is 5.74. The summed E-state index contributed by atoms with van der Waals surface area (Å²) in [4.78, 5) is 0. The van der Waals surface area contributed by atoms with E-state index in [1.807, 2.05) is 0 Å². The van der Waals surface area contributed by atoms with Crippen molar-refractivity contribution in [2.24, 2.45) is 5.92 Å². The fourth-order valence-electron chi connectivity index (χ4n) is 1.05. The molecule has 0 aliphatic heterocycles. The molecule has 0 aromatic heterocycles. The molecule has 0 amide bonds. The second-order valence-corrected chi connectivity index (χ2v) is 3.32. The molecule has 0 heterocycles. The normalized spacial score (nSPS) is 15.5. The number of hydrogen-bond donors (Lipinski definition) is 0. The minimum Gasteiger partial charge on any atom is -0.0882 e. The molecule has 0 heteroatoms. The molecule has 0 aliphatic rings. The highest BCUT2D eigenvalue weighted by atomic mass is 14.0. The maximum atomic E-state index is 2.32. The second kappa shape index (κ2) is 7.15. The Morgan fingerprint density at radius 3 is 2.42 bits per heavy atom. The molecular formula is C12H22. The van der Waals surface area contributed by atoms with Crippen LogP contribution in [0.1, 0.15) is 47.0 Å². The first kappa shape index (κ1) is 11.5. The van der Waals surface area contributed by atoms with Crippen molar-refractivity contribution in [2.45, 2.75) is 47.0 Å². The average molecular weight is 166 g/mol. The quantitative estimate of drug-likeness (QED) is 0.533. The molecule has 0 aromatic carbocycles. The van der Waals surface area contributed by atoms with Crippen molar-refractivity contribution in [3.05, 3.63) is 23.8 Å². The van der Waals surface area contributed by atoms with Crippen molar-refractivity contribution in [3.63, 3.8) is 0 Å². The molecule has 70 valence electrons. The fourth-order valence-corrected chi connectivity index (χ4v) is 1.05. The van der Waals surface area contributed by atoms with E-state index in [0.717, 1.165) is 12.3 Å². The molecular weight excluding hydrogens is 144 g/mol. The lowest BCUT2D eigenvalue weighted by atomic mass is 10.1. The standard InChI is InChI=1S/C12H22/c1-5-11(4)9-8-10-12(6-2)7-3/h6,8-9,11H,5,7,10H2,1-4H3. The summed E-state index contributed by atoms with van der Waals surface area (Å²) in [5.41, 5.74) is 1.54. The van der Waals surface area contributed by atoms with Gasteiger partial charge in [0.25, 0.3) is 0 Å². The Morgan fingerprint density at radius 2 is 2.00 bits per heavy atom. The Bertz CT molecular complexity index is 151. The maximum Gasteiger partial charge on any atom is -0.0139 e. The van der Waals surface area contributed by atoms with Gasteiger partial charge in [0.05, 0.1) is 0 Å². The third-order valence-electron chi connectivity index (χ3n) is 2.35. The van der Waals surface area contributed by atoms with E-state index in [0.29, 0.717) is 0 Å². The van der Waals surface area contributed by atoms with E-state index in [1.165, 1.54) is 18.4 Å². The highest BCUT2D eigenvalue weighted by Crippen LogP contribution is 2.09. The van der Waals surface area contributed by atoms with Crippen LogP contribution in [0, 0.1) is 5.92 Å². The third-order valence-corrected chi connectivity index (χ3v) is 2.35. The maximum absolute atomic E-state index is 2.32. The summed E-state index contributed by atoms with van der Waals surface area (Å²) in [6, 6.07) is 0. The largest absolute Gasteiger partial charge is 0.0882 e. The average Bonchev–Trinajstić information content (AvgIpc) is 2.12. The van der Waals surface area contributed by atoms with E-state index >= 15 is 0 Å². The number of rotatable bonds is 5. The van der Waals surface area contributed by atoms with E-state index < -0.39 is 0 Å². The number of allylic oxidation sites excluding steroid dienone is 4. The molecule has 1 atom stereocenters. The van der Waals surface area contributed by atoms with Crippen molar-refractivity contribution < 1.29 is 0 Å². The Hall–Kier alpha value is -0.520. The van der Waals surface area contributed by atoms with Gasteiger partial charge >= 0.3 is 0 Å². The van der Waals surface area contributed by atoms with Gasteiger partial charge in [-0.05, 0) is 25.7 Å². The summed E-state index contributed by atoms with van der Waals surface area (Å²) in [7, 11) is 0. The Morgan fingerprint density at radius 1 is 1.33 bits per heavy atom. The molecule has 0 saturated carbocycles. The summed E-state index contributed by atoms with van der Waals surface area (Å²) < 4.78 is 0. The first-order valence-electron chi connectivity index (χ1n) is 5.05. The Kier molecular flexibility index (Phi) is 6.84. The summed E-state index contributed by atoms with van der Waals surface area (Å²) in [6.07, 6.45) is 10.4.